The summed E-state index contributed by atoms with van der Waals surface area (Å²) in [6, 6.07) is 0. The Morgan fingerprint density at radius 2 is 1.69 bits per heavy atom. The van der Waals surface area contributed by atoms with Crippen molar-refractivity contribution >= 4 is 5.91 Å². The Hall–Kier alpha value is -0.830. The van der Waals surface area contributed by atoms with Gasteiger partial charge in [0, 0.05) is 14.1 Å². The van der Waals surface area contributed by atoms with Gasteiger partial charge in [-0.1, -0.05) is 26.8 Å². The molecule has 0 heterocycles. The highest BCUT2D eigenvalue weighted by Gasteiger charge is 2.60. The summed E-state index contributed by atoms with van der Waals surface area (Å²) in [4.78, 5) is 13.7. The fraction of sp³-hybridized carbons (Fsp3) is 0.885. The van der Waals surface area contributed by atoms with Crippen molar-refractivity contribution in [1.82, 2.24) is 4.90 Å². The first kappa shape index (κ1) is 21.4. The maximum Gasteiger partial charge on any atom is 0.245 e. The molecule has 0 spiro atoms. The molecule has 0 aliphatic heterocycles. The zero-order chi connectivity index (χ0) is 21.0. The monoisotopic (exact) mass is 401 g/mol. The number of allylic oxidation sites excluding steroid dienone is 1. The fourth-order valence-electron chi connectivity index (χ4n) is 8.66. The Balaban J connectivity index is 1.51. The number of likely N-dealkylation sites (N-methyl/N-ethyl adjacent to an activating group) is 1. The maximum atomic E-state index is 12.0. The number of rotatable bonds is 3. The Morgan fingerprint density at radius 3 is 2.41 bits per heavy atom. The molecule has 0 bridgehead atoms. The summed E-state index contributed by atoms with van der Waals surface area (Å²) < 4.78 is 0. The van der Waals surface area contributed by atoms with Crippen LogP contribution in [0.5, 0.6) is 0 Å². The number of aliphatic hydroxyl groups is 1. The molecule has 0 aromatic heterocycles. The van der Waals surface area contributed by atoms with Crippen molar-refractivity contribution in [2.24, 2.45) is 46.3 Å². The number of hydrogen-bond donors (Lipinski definition) is 1. The van der Waals surface area contributed by atoms with Crippen LogP contribution in [0.3, 0.4) is 0 Å². The van der Waals surface area contributed by atoms with Crippen LogP contribution < -0.4 is 0 Å². The van der Waals surface area contributed by atoms with Gasteiger partial charge >= 0.3 is 0 Å². The lowest BCUT2D eigenvalue weighted by Gasteiger charge is -2.61. The SMILES string of the molecule is C[C@H](C=CC(=O)N(C)C)[C@H]1CC[C@H]2[C@@H]3CCC4CC(O)CC[C@]4(C)[C@H]3CC[C@]12C. The second-order valence-electron chi connectivity index (χ2n) is 11.8. The average molecular weight is 402 g/mol. The van der Waals surface area contributed by atoms with E-state index in [0.29, 0.717) is 22.7 Å². The molecule has 4 aliphatic rings. The van der Waals surface area contributed by atoms with Crippen LogP contribution in [0.4, 0.5) is 0 Å². The normalized spacial score (nSPS) is 47.9. The lowest BCUT2D eigenvalue weighted by molar-refractivity contribution is -0.128. The van der Waals surface area contributed by atoms with Crippen molar-refractivity contribution < 1.29 is 9.90 Å². The quantitative estimate of drug-likeness (QED) is 0.653. The molecular weight excluding hydrogens is 358 g/mol. The molecule has 0 saturated heterocycles. The Labute approximate surface area is 178 Å². The van der Waals surface area contributed by atoms with Crippen molar-refractivity contribution in [3.8, 4) is 0 Å². The molecule has 0 aromatic rings. The van der Waals surface area contributed by atoms with Crippen LogP contribution in [0.15, 0.2) is 12.2 Å². The third kappa shape index (κ3) is 3.50. The van der Waals surface area contributed by atoms with Crippen LogP contribution in [0.25, 0.3) is 0 Å². The molecule has 3 heteroatoms. The summed E-state index contributed by atoms with van der Waals surface area (Å²) in [6.07, 6.45) is 15.4. The van der Waals surface area contributed by atoms with Crippen LogP contribution in [0.1, 0.15) is 78.6 Å². The van der Waals surface area contributed by atoms with E-state index in [9.17, 15) is 9.90 Å². The predicted octanol–water partition coefficient (Wildman–Crippen LogP) is 5.29. The first-order chi connectivity index (χ1) is 13.7. The van der Waals surface area contributed by atoms with Gasteiger partial charge in [-0.2, -0.15) is 0 Å². The Morgan fingerprint density at radius 1 is 1.00 bits per heavy atom. The van der Waals surface area contributed by atoms with Gasteiger partial charge in [0.1, 0.15) is 0 Å². The standard InChI is InChI=1S/C26H43NO2/c1-17(6-11-24(29)27(4)5)21-9-10-22-20-8-7-18-16-19(28)12-14-25(18,2)23(20)13-15-26(21,22)3/h6,11,17-23,28H,7-10,12-16H2,1-5H3/t17-,18?,19?,20+,21-,22+,23+,25+,26-/m1/s1. The van der Waals surface area contributed by atoms with Crippen molar-refractivity contribution in [3.05, 3.63) is 12.2 Å². The van der Waals surface area contributed by atoms with Gasteiger partial charge in [-0.15, -0.1) is 0 Å². The predicted molar refractivity (Wildman–Crippen MR) is 118 cm³/mol. The molecule has 4 fully saturated rings. The smallest absolute Gasteiger partial charge is 0.245 e. The van der Waals surface area contributed by atoms with E-state index in [4.69, 9.17) is 0 Å². The molecule has 0 radical (unpaired) electrons. The minimum atomic E-state index is -0.0492. The van der Waals surface area contributed by atoms with Crippen LogP contribution in [-0.2, 0) is 4.79 Å². The fourth-order valence-corrected chi connectivity index (χ4v) is 8.66. The number of aliphatic hydroxyl groups excluding tert-OH is 1. The molecule has 0 aromatic carbocycles. The molecule has 29 heavy (non-hydrogen) atoms. The molecule has 1 amide bonds. The number of hydrogen-bond acceptors (Lipinski definition) is 2. The third-order valence-corrected chi connectivity index (χ3v) is 10.3. The van der Waals surface area contributed by atoms with Gasteiger partial charge in [-0.25, -0.2) is 0 Å². The number of carbonyl (C=O) groups is 1. The molecule has 2 unspecified atom stereocenters. The lowest BCUT2D eigenvalue weighted by Crippen LogP contribution is -2.54. The minimum Gasteiger partial charge on any atom is -0.393 e. The summed E-state index contributed by atoms with van der Waals surface area (Å²) in [5.74, 6) is 4.64. The van der Waals surface area contributed by atoms with E-state index < -0.39 is 0 Å². The maximum absolute atomic E-state index is 12.0. The van der Waals surface area contributed by atoms with Crippen molar-refractivity contribution in [3.63, 3.8) is 0 Å². The van der Waals surface area contributed by atoms with E-state index in [0.717, 1.165) is 36.5 Å². The lowest BCUT2D eigenvalue weighted by atomic mass is 9.44. The average Bonchev–Trinajstić information content (AvgIpc) is 3.03. The van der Waals surface area contributed by atoms with Crippen LogP contribution >= 0.6 is 0 Å². The highest BCUT2D eigenvalue weighted by atomic mass is 16.3. The highest BCUT2D eigenvalue weighted by Crippen LogP contribution is 2.68. The van der Waals surface area contributed by atoms with Gasteiger partial charge in [0.05, 0.1) is 6.10 Å². The van der Waals surface area contributed by atoms with Crippen LogP contribution in [-0.4, -0.2) is 36.1 Å². The van der Waals surface area contributed by atoms with E-state index >= 15 is 0 Å². The van der Waals surface area contributed by atoms with Gasteiger partial charge in [0.2, 0.25) is 5.91 Å². The molecular formula is C26H43NO2. The number of fused-ring (bicyclic) bond motifs is 5. The summed E-state index contributed by atoms with van der Waals surface area (Å²) in [6.45, 7) is 7.50. The molecule has 3 nitrogen and oxygen atoms in total. The Kier molecular flexibility index (Phi) is 5.68. The first-order valence-electron chi connectivity index (χ1n) is 12.2. The van der Waals surface area contributed by atoms with Gasteiger partial charge in [0.25, 0.3) is 0 Å². The molecule has 4 rings (SSSR count). The van der Waals surface area contributed by atoms with Gasteiger partial charge < -0.3 is 10.0 Å². The topological polar surface area (TPSA) is 40.5 Å². The molecule has 1 N–H and O–H groups in total. The number of amides is 1. The van der Waals surface area contributed by atoms with Gasteiger partial charge in [0.15, 0.2) is 0 Å². The third-order valence-electron chi connectivity index (χ3n) is 10.3. The molecule has 164 valence electrons. The number of nitrogens with zero attached hydrogens (tertiary/aromatic N) is 1. The zero-order valence-corrected chi connectivity index (χ0v) is 19.4. The zero-order valence-electron chi connectivity index (χ0n) is 19.4. The van der Waals surface area contributed by atoms with Crippen molar-refractivity contribution in [2.45, 2.75) is 84.7 Å². The first-order valence-corrected chi connectivity index (χ1v) is 12.2. The minimum absolute atomic E-state index is 0.0492. The van der Waals surface area contributed by atoms with E-state index in [1.807, 2.05) is 14.1 Å². The second kappa shape index (κ2) is 7.70. The summed E-state index contributed by atoms with van der Waals surface area (Å²) in [5, 5.41) is 10.2. The van der Waals surface area contributed by atoms with Crippen molar-refractivity contribution in [2.75, 3.05) is 14.1 Å². The van der Waals surface area contributed by atoms with Crippen molar-refractivity contribution in [1.29, 1.82) is 0 Å². The highest BCUT2D eigenvalue weighted by molar-refractivity contribution is 5.87. The van der Waals surface area contributed by atoms with E-state index in [1.54, 1.807) is 11.0 Å². The van der Waals surface area contributed by atoms with Crippen LogP contribution in [0.2, 0.25) is 0 Å². The molecule has 4 aliphatic carbocycles. The second-order valence-corrected chi connectivity index (χ2v) is 11.8. The largest absolute Gasteiger partial charge is 0.393 e. The number of carbonyl (C=O) groups excluding carboxylic acids is 1. The molecule has 4 saturated carbocycles. The summed E-state index contributed by atoms with van der Waals surface area (Å²) >= 11 is 0. The van der Waals surface area contributed by atoms with Gasteiger partial charge in [-0.05, 0) is 110 Å². The Bertz CT molecular complexity index is 657. The van der Waals surface area contributed by atoms with E-state index in [1.165, 1.54) is 44.9 Å². The summed E-state index contributed by atoms with van der Waals surface area (Å²) in [5.41, 5.74) is 0.897. The molecule has 9 atom stereocenters. The van der Waals surface area contributed by atoms with Crippen LogP contribution in [0, 0.1) is 46.3 Å². The van der Waals surface area contributed by atoms with E-state index in [-0.39, 0.29) is 12.0 Å². The summed E-state index contributed by atoms with van der Waals surface area (Å²) in [7, 11) is 3.65. The van der Waals surface area contributed by atoms with Gasteiger partial charge in [-0.3, -0.25) is 4.79 Å². The van der Waals surface area contributed by atoms with E-state index in [2.05, 4.69) is 26.8 Å².